The Balaban J connectivity index is 2.96. The number of hydrogen-bond acceptors (Lipinski definition) is 5. The number of hydrogen-bond donors (Lipinski definition) is 3. The molecule has 1 aromatic carbocycles. The number of nitro groups is 1. The maximum Gasteiger partial charge on any atom is 0.270 e. The summed E-state index contributed by atoms with van der Waals surface area (Å²) in [6, 6.07) is 3.93. The highest BCUT2D eigenvalue weighted by Gasteiger charge is 2.24. The molecule has 0 unspecified atom stereocenters. The zero-order valence-electron chi connectivity index (χ0n) is 12.8. The summed E-state index contributed by atoms with van der Waals surface area (Å²) < 4.78 is 0. The lowest BCUT2D eigenvalue weighted by atomic mass is 9.81. The van der Waals surface area contributed by atoms with Crippen molar-refractivity contribution in [1.82, 2.24) is 5.32 Å². The van der Waals surface area contributed by atoms with Crippen molar-refractivity contribution in [3.63, 3.8) is 0 Å². The number of carbonyl (C=O) groups is 1. The molecule has 0 radical (unpaired) electrons. The number of hydrazine groups is 1. The molecule has 1 aromatic rings. The first kappa shape index (κ1) is 16.9. The highest BCUT2D eigenvalue weighted by molar-refractivity contribution is 6.00. The lowest BCUT2D eigenvalue weighted by Crippen LogP contribution is -2.37. The first-order valence-corrected chi connectivity index (χ1v) is 6.72. The Morgan fingerprint density at radius 1 is 1.43 bits per heavy atom. The van der Waals surface area contributed by atoms with Gasteiger partial charge in [-0.15, -0.1) is 0 Å². The lowest BCUT2D eigenvalue weighted by Gasteiger charge is -2.29. The van der Waals surface area contributed by atoms with Crippen LogP contribution in [0.25, 0.3) is 0 Å². The molecule has 4 N–H and O–H groups in total. The minimum atomic E-state index is -0.546. The van der Waals surface area contributed by atoms with E-state index in [2.05, 4.69) is 24.6 Å². The smallest absolute Gasteiger partial charge is 0.270 e. The summed E-state index contributed by atoms with van der Waals surface area (Å²) in [7, 11) is 0. The lowest BCUT2D eigenvalue weighted by molar-refractivity contribution is -0.384. The molecule has 21 heavy (non-hydrogen) atoms. The third-order valence-electron chi connectivity index (χ3n) is 3.88. The summed E-state index contributed by atoms with van der Waals surface area (Å²) in [5.41, 5.74) is 2.66. The molecule has 0 atom stereocenters. The van der Waals surface area contributed by atoms with Gasteiger partial charge in [0.1, 0.15) is 0 Å². The number of nitrogens with one attached hydrogen (secondary N) is 2. The molecule has 0 aliphatic rings. The first-order chi connectivity index (χ1) is 9.69. The molecule has 0 fully saturated rings. The summed E-state index contributed by atoms with van der Waals surface area (Å²) in [5.74, 6) is 5.34. The van der Waals surface area contributed by atoms with E-state index in [-0.39, 0.29) is 22.6 Å². The Bertz CT molecular complexity index is 541. The van der Waals surface area contributed by atoms with E-state index in [0.717, 1.165) is 0 Å². The van der Waals surface area contributed by atoms with Gasteiger partial charge >= 0.3 is 0 Å². The molecule has 0 aromatic heterocycles. The number of non-ortho nitro benzene ring substituents is 1. The van der Waals surface area contributed by atoms with Gasteiger partial charge in [-0.3, -0.25) is 20.8 Å². The molecule has 0 spiro atoms. The maximum absolute atomic E-state index is 12.2. The number of rotatable bonds is 6. The van der Waals surface area contributed by atoms with Crippen molar-refractivity contribution in [3.05, 3.63) is 33.9 Å². The van der Waals surface area contributed by atoms with E-state index >= 15 is 0 Å². The minimum absolute atomic E-state index is 0.0767. The van der Waals surface area contributed by atoms with Crippen LogP contribution in [0.4, 0.5) is 11.4 Å². The molecule has 1 rings (SSSR count). The molecule has 0 heterocycles. The van der Waals surface area contributed by atoms with Gasteiger partial charge in [-0.25, -0.2) is 0 Å². The average Bonchev–Trinajstić information content (AvgIpc) is 2.43. The van der Waals surface area contributed by atoms with E-state index in [1.54, 1.807) is 0 Å². The Kier molecular flexibility index (Phi) is 5.26. The molecule has 0 saturated carbocycles. The summed E-state index contributed by atoms with van der Waals surface area (Å²) in [5, 5.41) is 13.6. The number of nitrogen functional groups attached to an aromatic ring is 1. The van der Waals surface area contributed by atoms with E-state index in [1.807, 2.05) is 13.8 Å². The van der Waals surface area contributed by atoms with Crippen molar-refractivity contribution in [3.8, 4) is 0 Å². The van der Waals surface area contributed by atoms with Crippen molar-refractivity contribution in [2.24, 2.45) is 17.2 Å². The number of nitrogens with two attached hydrogens (primary N) is 1. The number of nitrogens with zero attached hydrogens (tertiary/aromatic N) is 1. The van der Waals surface area contributed by atoms with Crippen LogP contribution in [0.5, 0.6) is 0 Å². The molecule has 116 valence electrons. The third kappa shape index (κ3) is 4.16. The van der Waals surface area contributed by atoms with Gasteiger partial charge in [-0.2, -0.15) is 0 Å². The Labute approximate surface area is 124 Å². The summed E-state index contributed by atoms with van der Waals surface area (Å²) >= 11 is 0. The quantitative estimate of drug-likeness (QED) is 0.423. The zero-order chi connectivity index (χ0) is 16.2. The molecule has 0 bridgehead atoms. The van der Waals surface area contributed by atoms with Crippen LogP contribution in [-0.4, -0.2) is 17.4 Å². The van der Waals surface area contributed by atoms with Crippen molar-refractivity contribution < 1.29 is 9.72 Å². The third-order valence-corrected chi connectivity index (χ3v) is 3.88. The predicted molar refractivity (Wildman–Crippen MR) is 81.9 cm³/mol. The monoisotopic (exact) mass is 294 g/mol. The molecule has 0 aliphatic carbocycles. The maximum atomic E-state index is 12.2. The van der Waals surface area contributed by atoms with E-state index in [4.69, 9.17) is 5.84 Å². The fourth-order valence-electron chi connectivity index (χ4n) is 1.57. The topological polar surface area (TPSA) is 110 Å². The van der Waals surface area contributed by atoms with Gasteiger partial charge in [-0.1, -0.05) is 27.7 Å². The van der Waals surface area contributed by atoms with Gasteiger partial charge in [0.2, 0.25) is 0 Å². The van der Waals surface area contributed by atoms with Crippen molar-refractivity contribution in [1.29, 1.82) is 0 Å². The second-order valence-corrected chi connectivity index (χ2v) is 5.96. The van der Waals surface area contributed by atoms with E-state index in [9.17, 15) is 14.9 Å². The normalized spacial score (nSPS) is 11.3. The van der Waals surface area contributed by atoms with Gasteiger partial charge in [0.15, 0.2) is 0 Å². The van der Waals surface area contributed by atoms with Gasteiger partial charge in [0, 0.05) is 18.7 Å². The molecule has 1 amide bonds. The Hall–Kier alpha value is -2.15. The number of carbonyl (C=O) groups excluding carboxylic acids is 1. The minimum Gasteiger partial charge on any atom is -0.351 e. The van der Waals surface area contributed by atoms with Gasteiger partial charge in [-0.05, 0) is 17.4 Å². The molecular weight excluding hydrogens is 272 g/mol. The Morgan fingerprint density at radius 2 is 2.05 bits per heavy atom. The SMILES string of the molecule is CC(C)C(C)(C)CNC(=O)c1cc([N+](=O)[O-])ccc1NN. The van der Waals surface area contributed by atoms with Gasteiger partial charge in [0.05, 0.1) is 16.2 Å². The fraction of sp³-hybridized carbons (Fsp3) is 0.500. The molecule has 0 saturated heterocycles. The van der Waals surface area contributed by atoms with Crippen LogP contribution in [0.2, 0.25) is 0 Å². The average molecular weight is 294 g/mol. The number of anilines is 1. The van der Waals surface area contributed by atoms with Crippen LogP contribution in [0.3, 0.4) is 0 Å². The van der Waals surface area contributed by atoms with E-state index < -0.39 is 4.92 Å². The predicted octanol–water partition coefficient (Wildman–Crippen LogP) is 2.29. The van der Waals surface area contributed by atoms with Crippen molar-refractivity contribution in [2.45, 2.75) is 27.7 Å². The number of nitro benzene ring substituents is 1. The van der Waals surface area contributed by atoms with Gasteiger partial charge in [0.25, 0.3) is 11.6 Å². The second kappa shape index (κ2) is 6.53. The molecular formula is C14H22N4O3. The van der Waals surface area contributed by atoms with Crippen molar-refractivity contribution in [2.75, 3.05) is 12.0 Å². The summed E-state index contributed by atoms with van der Waals surface area (Å²) in [6.45, 7) is 8.72. The van der Waals surface area contributed by atoms with Crippen LogP contribution in [0, 0.1) is 21.4 Å². The highest BCUT2D eigenvalue weighted by Crippen LogP contribution is 2.26. The Morgan fingerprint density at radius 3 is 2.52 bits per heavy atom. The summed E-state index contributed by atoms with van der Waals surface area (Å²) in [6.07, 6.45) is 0. The molecule has 7 nitrogen and oxygen atoms in total. The largest absolute Gasteiger partial charge is 0.351 e. The van der Waals surface area contributed by atoms with Crippen LogP contribution >= 0.6 is 0 Å². The van der Waals surface area contributed by atoms with Crippen LogP contribution in [0.15, 0.2) is 18.2 Å². The molecule has 7 heteroatoms. The zero-order valence-corrected chi connectivity index (χ0v) is 12.8. The van der Waals surface area contributed by atoms with Gasteiger partial charge < -0.3 is 10.7 Å². The van der Waals surface area contributed by atoms with E-state index in [1.165, 1.54) is 18.2 Å². The first-order valence-electron chi connectivity index (χ1n) is 6.72. The number of benzene rings is 1. The standard InChI is InChI=1S/C14H22N4O3/c1-9(2)14(3,4)8-16-13(19)11-7-10(18(20)21)5-6-12(11)17-15/h5-7,9,17H,8,15H2,1-4H3,(H,16,19). The highest BCUT2D eigenvalue weighted by atomic mass is 16.6. The van der Waals surface area contributed by atoms with E-state index in [0.29, 0.717) is 18.2 Å². The fourth-order valence-corrected chi connectivity index (χ4v) is 1.57. The van der Waals surface area contributed by atoms with Crippen LogP contribution < -0.4 is 16.6 Å². The van der Waals surface area contributed by atoms with Crippen molar-refractivity contribution >= 4 is 17.3 Å². The van der Waals surface area contributed by atoms with Crippen LogP contribution in [0.1, 0.15) is 38.1 Å². The van der Waals surface area contributed by atoms with Crippen LogP contribution in [-0.2, 0) is 0 Å². The second-order valence-electron chi connectivity index (χ2n) is 5.96. The number of amides is 1. The summed E-state index contributed by atoms with van der Waals surface area (Å²) in [4.78, 5) is 22.5. The molecule has 0 aliphatic heterocycles.